The minimum absolute atomic E-state index is 0.360. The maximum Gasteiger partial charge on any atom is 0.356 e. The molecule has 16 heavy (non-hydrogen) atoms. The molecular weight excluding hydrogens is 317 g/mol. The van der Waals surface area contributed by atoms with Gasteiger partial charge in [-0.15, -0.1) is 0 Å². The molecule has 0 saturated carbocycles. The number of hydrogen-bond donors (Lipinski definition) is 0. The van der Waals surface area contributed by atoms with Gasteiger partial charge >= 0.3 is 5.97 Å². The van der Waals surface area contributed by atoms with Crippen molar-refractivity contribution < 1.29 is 9.53 Å². The molecule has 0 N–H and O–H groups in total. The maximum atomic E-state index is 11.5. The Kier molecular flexibility index (Phi) is 3.38. The summed E-state index contributed by atoms with van der Waals surface area (Å²) in [7, 11) is 0. The third-order valence-electron chi connectivity index (χ3n) is 2.19. The van der Waals surface area contributed by atoms with E-state index in [4.69, 9.17) is 4.74 Å². The van der Waals surface area contributed by atoms with Crippen molar-refractivity contribution in [3.8, 4) is 0 Å². The molecule has 0 radical (unpaired) electrons. The first-order valence-corrected chi connectivity index (χ1v) is 6.01. The molecule has 2 rings (SSSR count). The van der Waals surface area contributed by atoms with Gasteiger partial charge in [-0.25, -0.2) is 9.78 Å². The molecule has 1 aromatic carbocycles. The van der Waals surface area contributed by atoms with E-state index in [0.717, 1.165) is 14.3 Å². The Bertz CT molecular complexity index is 540. The van der Waals surface area contributed by atoms with Crippen LogP contribution in [-0.4, -0.2) is 17.6 Å². The van der Waals surface area contributed by atoms with Crippen LogP contribution in [0.2, 0.25) is 0 Å². The summed E-state index contributed by atoms with van der Waals surface area (Å²) in [5.41, 5.74) is 0.360. The van der Waals surface area contributed by atoms with E-state index in [-0.39, 0.29) is 5.97 Å². The number of carbonyl (C=O) groups is 1. The minimum Gasteiger partial charge on any atom is -0.461 e. The Morgan fingerprint density at radius 3 is 3.06 bits per heavy atom. The molecule has 0 atom stereocenters. The number of halogens is 1. The van der Waals surface area contributed by atoms with Crippen molar-refractivity contribution in [2.75, 3.05) is 6.61 Å². The van der Waals surface area contributed by atoms with Gasteiger partial charge in [0.15, 0.2) is 0 Å². The molecule has 0 unspecified atom stereocenters. The van der Waals surface area contributed by atoms with Crippen LogP contribution in [0.4, 0.5) is 0 Å². The number of rotatable bonds is 2. The maximum absolute atomic E-state index is 11.5. The molecule has 82 valence electrons. The standard InChI is InChI=1S/C12H10INO2/c1-2-16-12(15)11-6-9-8(7-14-11)4-3-5-10(9)13/h3-7H,2H2,1H3. The van der Waals surface area contributed by atoms with E-state index in [1.807, 2.05) is 18.2 Å². The van der Waals surface area contributed by atoms with Crippen molar-refractivity contribution in [1.29, 1.82) is 0 Å². The van der Waals surface area contributed by atoms with E-state index in [1.165, 1.54) is 0 Å². The van der Waals surface area contributed by atoms with Gasteiger partial charge in [0.2, 0.25) is 0 Å². The zero-order valence-electron chi connectivity index (χ0n) is 8.74. The molecule has 0 aliphatic carbocycles. The van der Waals surface area contributed by atoms with Gasteiger partial charge in [-0.2, -0.15) is 0 Å². The quantitative estimate of drug-likeness (QED) is 0.629. The second-order valence-electron chi connectivity index (χ2n) is 3.25. The summed E-state index contributed by atoms with van der Waals surface area (Å²) in [6, 6.07) is 7.71. The van der Waals surface area contributed by atoms with Crippen LogP contribution in [0.15, 0.2) is 30.5 Å². The van der Waals surface area contributed by atoms with Gasteiger partial charge in [-0.3, -0.25) is 0 Å². The SMILES string of the molecule is CCOC(=O)c1cc2c(I)cccc2cn1. The number of carbonyl (C=O) groups excluding carboxylic acids is 1. The molecule has 0 saturated heterocycles. The number of esters is 1. The summed E-state index contributed by atoms with van der Waals surface area (Å²) in [5, 5.41) is 2.06. The lowest BCUT2D eigenvalue weighted by atomic mass is 10.1. The van der Waals surface area contributed by atoms with Crippen molar-refractivity contribution >= 4 is 39.3 Å². The lowest BCUT2D eigenvalue weighted by Crippen LogP contribution is -2.06. The average Bonchev–Trinajstić information content (AvgIpc) is 2.29. The van der Waals surface area contributed by atoms with Crippen molar-refractivity contribution in [1.82, 2.24) is 4.98 Å². The zero-order valence-corrected chi connectivity index (χ0v) is 10.9. The van der Waals surface area contributed by atoms with Crippen LogP contribution in [0.25, 0.3) is 10.8 Å². The highest BCUT2D eigenvalue weighted by Crippen LogP contribution is 2.20. The van der Waals surface area contributed by atoms with E-state index in [1.54, 1.807) is 19.2 Å². The highest BCUT2D eigenvalue weighted by molar-refractivity contribution is 14.1. The molecule has 0 aliphatic heterocycles. The number of nitrogens with zero attached hydrogens (tertiary/aromatic N) is 1. The highest BCUT2D eigenvalue weighted by Gasteiger charge is 2.09. The summed E-state index contributed by atoms with van der Waals surface area (Å²) in [4.78, 5) is 15.6. The molecular formula is C12H10INO2. The topological polar surface area (TPSA) is 39.2 Å². The van der Waals surface area contributed by atoms with Gasteiger partial charge in [0.25, 0.3) is 0 Å². The van der Waals surface area contributed by atoms with Crippen LogP contribution in [0.3, 0.4) is 0 Å². The van der Waals surface area contributed by atoms with E-state index in [0.29, 0.717) is 12.3 Å². The lowest BCUT2D eigenvalue weighted by molar-refractivity contribution is 0.0520. The second kappa shape index (κ2) is 4.78. The first-order valence-electron chi connectivity index (χ1n) is 4.93. The molecule has 0 fully saturated rings. The first-order chi connectivity index (χ1) is 7.72. The Hall–Kier alpha value is -1.17. The third kappa shape index (κ3) is 2.16. The van der Waals surface area contributed by atoms with E-state index < -0.39 is 0 Å². The lowest BCUT2D eigenvalue weighted by Gasteiger charge is -2.03. The molecule has 0 amide bonds. The van der Waals surface area contributed by atoms with E-state index in [9.17, 15) is 4.79 Å². The Morgan fingerprint density at radius 2 is 2.31 bits per heavy atom. The van der Waals surface area contributed by atoms with Crippen LogP contribution in [0.5, 0.6) is 0 Å². The summed E-state index contributed by atoms with van der Waals surface area (Å²) in [6.45, 7) is 2.15. The van der Waals surface area contributed by atoms with Crippen molar-refractivity contribution in [3.05, 3.63) is 39.7 Å². The van der Waals surface area contributed by atoms with Gasteiger partial charge in [0, 0.05) is 15.2 Å². The second-order valence-corrected chi connectivity index (χ2v) is 4.41. The van der Waals surface area contributed by atoms with E-state index in [2.05, 4.69) is 27.6 Å². The van der Waals surface area contributed by atoms with Crippen molar-refractivity contribution in [2.45, 2.75) is 6.92 Å². The number of ether oxygens (including phenoxy) is 1. The Balaban J connectivity index is 2.51. The Morgan fingerprint density at radius 1 is 1.50 bits per heavy atom. The number of benzene rings is 1. The summed E-state index contributed by atoms with van der Waals surface area (Å²) in [6.07, 6.45) is 1.70. The zero-order chi connectivity index (χ0) is 11.5. The number of fused-ring (bicyclic) bond motifs is 1. The van der Waals surface area contributed by atoms with Gasteiger partial charge in [-0.05, 0) is 47.0 Å². The van der Waals surface area contributed by atoms with Crippen LogP contribution in [-0.2, 0) is 4.74 Å². The first kappa shape index (κ1) is 11.3. The van der Waals surface area contributed by atoms with Gasteiger partial charge in [0.05, 0.1) is 6.61 Å². The fourth-order valence-electron chi connectivity index (χ4n) is 1.45. The number of aromatic nitrogens is 1. The summed E-state index contributed by atoms with van der Waals surface area (Å²) in [5.74, 6) is -0.371. The molecule has 4 heteroatoms. The third-order valence-corrected chi connectivity index (χ3v) is 3.14. The predicted molar refractivity (Wildman–Crippen MR) is 70.4 cm³/mol. The molecule has 1 heterocycles. The predicted octanol–water partition coefficient (Wildman–Crippen LogP) is 3.02. The van der Waals surface area contributed by atoms with Crippen LogP contribution < -0.4 is 0 Å². The van der Waals surface area contributed by atoms with E-state index >= 15 is 0 Å². The largest absolute Gasteiger partial charge is 0.461 e. The smallest absolute Gasteiger partial charge is 0.356 e. The average molecular weight is 327 g/mol. The number of hydrogen-bond acceptors (Lipinski definition) is 3. The molecule has 2 aromatic rings. The van der Waals surface area contributed by atoms with Crippen LogP contribution >= 0.6 is 22.6 Å². The molecule has 0 aliphatic rings. The monoisotopic (exact) mass is 327 g/mol. The van der Waals surface area contributed by atoms with Gasteiger partial charge in [0.1, 0.15) is 5.69 Å². The molecule has 0 bridgehead atoms. The summed E-state index contributed by atoms with van der Waals surface area (Å²) >= 11 is 2.24. The minimum atomic E-state index is -0.371. The van der Waals surface area contributed by atoms with Gasteiger partial charge < -0.3 is 4.74 Å². The fourth-order valence-corrected chi connectivity index (χ4v) is 2.12. The van der Waals surface area contributed by atoms with Crippen LogP contribution in [0, 0.1) is 3.57 Å². The van der Waals surface area contributed by atoms with Gasteiger partial charge in [-0.1, -0.05) is 12.1 Å². The normalized spacial score (nSPS) is 10.4. The molecule has 0 spiro atoms. The molecule has 3 nitrogen and oxygen atoms in total. The van der Waals surface area contributed by atoms with Crippen molar-refractivity contribution in [3.63, 3.8) is 0 Å². The highest BCUT2D eigenvalue weighted by atomic mass is 127. The van der Waals surface area contributed by atoms with Crippen LogP contribution in [0.1, 0.15) is 17.4 Å². The van der Waals surface area contributed by atoms with Crippen molar-refractivity contribution in [2.24, 2.45) is 0 Å². The Labute approximate surface area is 107 Å². The summed E-state index contributed by atoms with van der Waals surface area (Å²) < 4.78 is 6.01. The molecule has 1 aromatic heterocycles. The number of pyridine rings is 1. The fraction of sp³-hybridized carbons (Fsp3) is 0.167.